The molecule has 37 heavy (non-hydrogen) atoms. The number of hydrogen-bond acceptors (Lipinski definition) is 8. The number of amides is 1. The van der Waals surface area contributed by atoms with E-state index in [-0.39, 0.29) is 30.7 Å². The quantitative estimate of drug-likeness (QED) is 0.435. The number of alkyl halides is 3. The second kappa shape index (κ2) is 10.4. The lowest BCUT2D eigenvalue weighted by atomic mass is 10.1. The van der Waals surface area contributed by atoms with Crippen LogP contribution in [0.15, 0.2) is 6.07 Å². The Bertz CT molecular complexity index is 1270. The van der Waals surface area contributed by atoms with Gasteiger partial charge in [-0.2, -0.15) is 18.2 Å². The van der Waals surface area contributed by atoms with E-state index in [0.717, 1.165) is 46.9 Å². The fourth-order valence-electron chi connectivity index (χ4n) is 4.93. The standard InChI is InChI=1S/C24H31F3N8OS/c1-3-5-8-28-20(36)15-7-9-34(13-15)23-29-19(17-12-16(6-4-2)37-21(17)30-23)33-10-11-35-18(14-33)31-32-22(35)24(25,26)27/h12,15H,3-11,13-14H2,1-2H3,(H,28,36)/t15-/m0/s1. The Hall–Kier alpha value is -2.96. The Kier molecular flexibility index (Phi) is 7.24. The molecule has 1 saturated heterocycles. The first-order chi connectivity index (χ1) is 17.8. The Labute approximate surface area is 217 Å². The molecule has 1 fully saturated rings. The zero-order chi connectivity index (χ0) is 26.2. The number of aryl methyl sites for hydroxylation is 1. The molecule has 0 saturated carbocycles. The summed E-state index contributed by atoms with van der Waals surface area (Å²) in [6, 6.07) is 2.09. The molecule has 2 aliphatic rings. The van der Waals surface area contributed by atoms with E-state index in [4.69, 9.17) is 9.97 Å². The van der Waals surface area contributed by atoms with Crippen LogP contribution >= 0.6 is 11.3 Å². The maximum absolute atomic E-state index is 13.3. The highest BCUT2D eigenvalue weighted by Gasteiger charge is 2.40. The zero-order valence-corrected chi connectivity index (χ0v) is 21.8. The van der Waals surface area contributed by atoms with Crippen molar-refractivity contribution in [3.8, 4) is 0 Å². The number of halogens is 3. The van der Waals surface area contributed by atoms with E-state index in [1.165, 1.54) is 4.88 Å². The van der Waals surface area contributed by atoms with Gasteiger partial charge in [-0.1, -0.05) is 26.7 Å². The molecule has 9 nitrogen and oxygen atoms in total. The maximum Gasteiger partial charge on any atom is 0.451 e. The number of carbonyl (C=O) groups is 1. The van der Waals surface area contributed by atoms with Crippen LogP contribution in [0.2, 0.25) is 0 Å². The van der Waals surface area contributed by atoms with Crippen LogP contribution in [0.5, 0.6) is 0 Å². The summed E-state index contributed by atoms with van der Waals surface area (Å²) in [5, 5.41) is 11.2. The van der Waals surface area contributed by atoms with Crippen molar-refractivity contribution in [2.24, 2.45) is 5.92 Å². The van der Waals surface area contributed by atoms with Crippen molar-refractivity contribution in [2.75, 3.05) is 36.0 Å². The third-order valence-corrected chi connectivity index (χ3v) is 7.97. The molecule has 1 atom stereocenters. The first kappa shape index (κ1) is 25.7. The third kappa shape index (κ3) is 5.23. The number of aromatic nitrogens is 5. The van der Waals surface area contributed by atoms with Gasteiger partial charge < -0.3 is 19.7 Å². The van der Waals surface area contributed by atoms with Crippen LogP contribution in [-0.2, 0) is 30.5 Å². The van der Waals surface area contributed by atoms with Gasteiger partial charge in [0, 0.05) is 37.6 Å². The number of hydrogen-bond donors (Lipinski definition) is 1. The molecule has 0 aromatic carbocycles. The van der Waals surface area contributed by atoms with Crippen LogP contribution in [-0.4, -0.2) is 56.8 Å². The van der Waals surface area contributed by atoms with Gasteiger partial charge in [-0.25, -0.2) is 4.98 Å². The second-order valence-electron chi connectivity index (χ2n) is 9.62. The Morgan fingerprint density at radius 2 is 1.97 bits per heavy atom. The van der Waals surface area contributed by atoms with E-state index in [9.17, 15) is 18.0 Å². The van der Waals surface area contributed by atoms with E-state index in [1.54, 1.807) is 11.3 Å². The van der Waals surface area contributed by atoms with E-state index in [2.05, 4.69) is 35.4 Å². The smallest absolute Gasteiger partial charge is 0.356 e. The summed E-state index contributed by atoms with van der Waals surface area (Å²) in [7, 11) is 0. The normalized spacial score (nSPS) is 18.0. The molecule has 2 aliphatic heterocycles. The van der Waals surface area contributed by atoms with E-state index in [0.29, 0.717) is 37.9 Å². The average Bonchev–Trinajstić information content (AvgIpc) is 3.60. The van der Waals surface area contributed by atoms with Crippen molar-refractivity contribution >= 4 is 39.2 Å². The van der Waals surface area contributed by atoms with Gasteiger partial charge in [0.05, 0.1) is 17.8 Å². The van der Waals surface area contributed by atoms with Crippen LogP contribution in [0.1, 0.15) is 56.1 Å². The monoisotopic (exact) mass is 536 g/mol. The third-order valence-electron chi connectivity index (χ3n) is 6.89. The zero-order valence-electron chi connectivity index (χ0n) is 21.0. The molecule has 5 rings (SSSR count). The van der Waals surface area contributed by atoms with Crippen molar-refractivity contribution in [1.29, 1.82) is 0 Å². The van der Waals surface area contributed by atoms with Gasteiger partial charge in [-0.3, -0.25) is 4.79 Å². The number of thiophene rings is 1. The lowest BCUT2D eigenvalue weighted by Crippen LogP contribution is -2.36. The van der Waals surface area contributed by atoms with Gasteiger partial charge in [0.1, 0.15) is 10.6 Å². The average molecular weight is 537 g/mol. The minimum Gasteiger partial charge on any atom is -0.356 e. The number of fused-ring (bicyclic) bond motifs is 2. The first-order valence-corrected chi connectivity index (χ1v) is 13.7. The van der Waals surface area contributed by atoms with Crippen LogP contribution in [0.4, 0.5) is 24.9 Å². The molecule has 1 N–H and O–H groups in total. The molecule has 3 aromatic rings. The molecular weight excluding hydrogens is 505 g/mol. The maximum atomic E-state index is 13.3. The number of carbonyl (C=O) groups excluding carboxylic acids is 1. The van der Waals surface area contributed by atoms with E-state index < -0.39 is 12.0 Å². The van der Waals surface area contributed by atoms with Gasteiger partial charge in [0.2, 0.25) is 17.7 Å². The van der Waals surface area contributed by atoms with Gasteiger partial charge in [0.15, 0.2) is 5.82 Å². The minimum absolute atomic E-state index is 0.0643. The number of nitrogens with one attached hydrogen (secondary N) is 1. The number of anilines is 2. The first-order valence-electron chi connectivity index (χ1n) is 12.9. The molecule has 0 bridgehead atoms. The predicted octanol–water partition coefficient (Wildman–Crippen LogP) is 4.02. The molecule has 0 unspecified atom stereocenters. The summed E-state index contributed by atoms with van der Waals surface area (Å²) in [4.78, 5) is 28.4. The van der Waals surface area contributed by atoms with Crippen molar-refractivity contribution in [1.82, 2.24) is 30.0 Å². The van der Waals surface area contributed by atoms with Gasteiger partial charge in [-0.15, -0.1) is 21.5 Å². The topological polar surface area (TPSA) is 92.1 Å². The SMILES string of the molecule is CCCCNC(=O)[C@H]1CCN(c2nc(N3CCn4c(nnc4C(F)(F)F)C3)c3cc(CCC)sc3n2)C1. The summed E-state index contributed by atoms with van der Waals surface area (Å²) < 4.78 is 41.1. The lowest BCUT2D eigenvalue weighted by Gasteiger charge is -2.30. The molecular formula is C24H31F3N8OS. The van der Waals surface area contributed by atoms with Crippen molar-refractivity contribution in [3.05, 3.63) is 22.6 Å². The second-order valence-corrected chi connectivity index (χ2v) is 10.7. The number of nitrogens with zero attached hydrogens (tertiary/aromatic N) is 7. The summed E-state index contributed by atoms with van der Waals surface area (Å²) in [6.45, 7) is 6.75. The van der Waals surface area contributed by atoms with Crippen LogP contribution in [0, 0.1) is 5.92 Å². The molecule has 200 valence electrons. The van der Waals surface area contributed by atoms with E-state index >= 15 is 0 Å². The van der Waals surface area contributed by atoms with Crippen molar-refractivity contribution in [2.45, 2.75) is 65.2 Å². The van der Waals surface area contributed by atoms with Crippen LogP contribution in [0.3, 0.4) is 0 Å². The molecule has 0 spiro atoms. The fourth-order valence-corrected chi connectivity index (χ4v) is 6.05. The Morgan fingerprint density at radius 1 is 1.14 bits per heavy atom. The molecule has 1 amide bonds. The van der Waals surface area contributed by atoms with E-state index in [1.807, 2.05) is 9.80 Å². The summed E-state index contributed by atoms with van der Waals surface area (Å²) >= 11 is 1.62. The van der Waals surface area contributed by atoms with Crippen molar-refractivity contribution < 1.29 is 18.0 Å². The molecule has 5 heterocycles. The Morgan fingerprint density at radius 3 is 2.73 bits per heavy atom. The highest BCUT2D eigenvalue weighted by atomic mass is 32.1. The minimum atomic E-state index is -4.54. The largest absolute Gasteiger partial charge is 0.451 e. The van der Waals surface area contributed by atoms with Gasteiger partial charge in [0.25, 0.3) is 0 Å². The lowest BCUT2D eigenvalue weighted by molar-refractivity contribution is -0.147. The van der Waals surface area contributed by atoms with Crippen LogP contribution in [0.25, 0.3) is 10.2 Å². The predicted molar refractivity (Wildman–Crippen MR) is 136 cm³/mol. The molecule has 3 aromatic heterocycles. The van der Waals surface area contributed by atoms with Gasteiger partial charge >= 0.3 is 6.18 Å². The number of rotatable bonds is 8. The van der Waals surface area contributed by atoms with Crippen molar-refractivity contribution in [3.63, 3.8) is 0 Å². The summed E-state index contributed by atoms with van der Waals surface area (Å²) in [5.74, 6) is 0.497. The molecule has 0 radical (unpaired) electrons. The summed E-state index contributed by atoms with van der Waals surface area (Å²) in [6.07, 6.45) is 0.0868. The summed E-state index contributed by atoms with van der Waals surface area (Å²) in [5.41, 5.74) is 0. The Balaban J connectivity index is 1.43. The van der Waals surface area contributed by atoms with Crippen LogP contribution < -0.4 is 15.1 Å². The highest BCUT2D eigenvalue weighted by molar-refractivity contribution is 7.18. The molecule has 13 heteroatoms. The molecule has 0 aliphatic carbocycles. The fraction of sp³-hybridized carbons (Fsp3) is 0.625. The highest BCUT2D eigenvalue weighted by Crippen LogP contribution is 2.36. The number of unbranched alkanes of at least 4 members (excludes halogenated alkanes) is 1. The van der Waals surface area contributed by atoms with Gasteiger partial charge in [-0.05, 0) is 25.3 Å².